The summed E-state index contributed by atoms with van der Waals surface area (Å²) in [6, 6.07) is 54.3. The average molecular weight is 1170 g/mol. The van der Waals surface area contributed by atoms with E-state index in [0.29, 0.717) is 45.7 Å². The van der Waals surface area contributed by atoms with Crippen molar-refractivity contribution in [1.82, 2.24) is 19.9 Å². The Kier molecular flexibility index (Phi) is 17.9. The Hall–Kier alpha value is -9.16. The molecule has 6 aromatic carbocycles. The number of rotatable bonds is 21. The van der Waals surface area contributed by atoms with Crippen molar-refractivity contribution in [3.8, 4) is 56.5 Å². The van der Waals surface area contributed by atoms with E-state index in [9.17, 15) is 5.11 Å². The van der Waals surface area contributed by atoms with Gasteiger partial charge in [-0.3, -0.25) is 9.80 Å². The van der Waals surface area contributed by atoms with Crippen molar-refractivity contribution in [2.24, 2.45) is 0 Å². The average Bonchev–Trinajstić information content (AvgIpc) is 1.62. The molecule has 0 amide bonds. The van der Waals surface area contributed by atoms with Crippen LogP contribution in [0.1, 0.15) is 127 Å². The van der Waals surface area contributed by atoms with E-state index >= 15 is 17.6 Å². The van der Waals surface area contributed by atoms with E-state index in [-0.39, 0.29) is 39.1 Å². The third kappa shape index (κ3) is 11.3. The monoisotopic (exact) mass is 1160 g/mol. The number of hydrogen-bond acceptors (Lipinski definition) is 8. The molecule has 0 bridgehead atoms. The van der Waals surface area contributed by atoms with Crippen molar-refractivity contribution >= 4 is 34.4 Å². The predicted octanol–water partition coefficient (Wildman–Crippen LogP) is 20.8. The van der Waals surface area contributed by atoms with Crippen molar-refractivity contribution in [1.29, 1.82) is 0 Å². The van der Waals surface area contributed by atoms with Crippen molar-refractivity contribution in [3.63, 3.8) is 0 Å². The Labute approximate surface area is 508 Å². The molecule has 8 nitrogen and oxygen atoms in total. The number of nitrogens with zero attached hydrogens (tertiary/aromatic N) is 6. The highest BCUT2D eigenvalue weighted by atomic mass is 19.1. The summed E-state index contributed by atoms with van der Waals surface area (Å²) in [7, 11) is 1.68. The van der Waals surface area contributed by atoms with Crippen LogP contribution < -0.4 is 14.5 Å². The first-order valence-corrected chi connectivity index (χ1v) is 30.6. The second-order valence-electron chi connectivity index (χ2n) is 22.6. The lowest BCUT2D eigenvalue weighted by atomic mass is 9.71. The van der Waals surface area contributed by atoms with Crippen LogP contribution in [0.5, 0.6) is 11.5 Å². The number of anilines is 6. The Balaban J connectivity index is 0.000000180. The van der Waals surface area contributed by atoms with E-state index in [1.54, 1.807) is 65.7 Å². The fraction of sp³-hybridized carbons (Fsp3) is 0.253. The smallest absolute Gasteiger partial charge is 0.150 e. The second kappa shape index (κ2) is 26.2. The number of ether oxygens (including phenoxy) is 1. The van der Waals surface area contributed by atoms with Gasteiger partial charge >= 0.3 is 0 Å². The number of methoxy groups -OCH3 is 1. The number of benzene rings is 6. The zero-order valence-corrected chi connectivity index (χ0v) is 50.0. The van der Waals surface area contributed by atoms with Crippen molar-refractivity contribution in [2.75, 3.05) is 16.9 Å². The Morgan fingerprint density at radius 1 is 0.425 bits per heavy atom. The van der Waals surface area contributed by atoms with Gasteiger partial charge in [-0.2, -0.15) is 0 Å². The minimum absolute atomic E-state index is 0.159. The summed E-state index contributed by atoms with van der Waals surface area (Å²) in [6.45, 7) is 8.81. The first-order valence-electron chi connectivity index (χ1n) is 30.6. The molecule has 442 valence electrons. The molecular weight excluding hydrogens is 1090 g/mol. The minimum Gasteiger partial charge on any atom is -0.507 e. The summed E-state index contributed by atoms with van der Waals surface area (Å²) in [6.07, 6.45) is 15.7. The lowest BCUT2D eigenvalue weighted by molar-refractivity contribution is 0.405. The Bertz CT molecular complexity index is 3920. The molecule has 12 heteroatoms. The molecular formula is C75H72F4N6O2. The van der Waals surface area contributed by atoms with Crippen LogP contribution in [0, 0.1) is 23.3 Å². The number of phenolic OH excluding ortho intramolecular Hbond substituents is 1. The molecule has 1 N–H and O–H groups in total. The van der Waals surface area contributed by atoms with Crippen LogP contribution in [0.25, 0.3) is 45.0 Å². The molecule has 87 heavy (non-hydrogen) atoms. The summed E-state index contributed by atoms with van der Waals surface area (Å²) >= 11 is 0. The van der Waals surface area contributed by atoms with Gasteiger partial charge in [0.1, 0.15) is 46.4 Å². The maximum absolute atomic E-state index is 15.7. The number of halogens is 4. The maximum Gasteiger partial charge on any atom is 0.150 e. The normalized spacial score (nSPS) is 13.0. The van der Waals surface area contributed by atoms with Gasteiger partial charge in [0.25, 0.3) is 0 Å². The van der Waals surface area contributed by atoms with Crippen LogP contribution in [0.3, 0.4) is 0 Å². The van der Waals surface area contributed by atoms with Gasteiger partial charge in [-0.15, -0.1) is 0 Å². The summed E-state index contributed by atoms with van der Waals surface area (Å²) in [4.78, 5) is 22.5. The van der Waals surface area contributed by atoms with Gasteiger partial charge in [0.2, 0.25) is 0 Å². The highest BCUT2D eigenvalue weighted by molar-refractivity contribution is 5.87. The molecule has 0 unspecified atom stereocenters. The number of unbranched alkanes of at least 4 members (excludes halogenated alkanes) is 4. The number of pyridine rings is 4. The zero-order valence-electron chi connectivity index (χ0n) is 50.0. The number of aromatic hydroxyl groups is 1. The molecule has 10 aromatic rings. The van der Waals surface area contributed by atoms with Crippen molar-refractivity contribution in [2.45, 2.75) is 116 Å². The SMILES string of the molecule is CCCCC1(CCCC)c2ccc(-c3cc(N(c4ccccc4)c4ccccn4)c(F)cc3F)nc2-c2c(O)cccc21.CCCCC1(CCCC)c2ccc(-c3cc(N(c4ccccc4)c4ccccn4)c(F)cc3F)nc2-c2c(OC)cccc21. The standard InChI is InChI=1S/C38H37F2N3O.C37H35F2N3O/c1-4-6-21-38(22-7-5-2)28-16-13-17-34(44-3)36(28)37-29(38)19-20-32(42-37)27-24-33(31(40)25-30(27)39)43(26-14-9-8-10-15-26)35-18-11-12-23-41-35;1-3-5-20-37(21-6-4-2)27-15-12-16-33(43)35(27)36-28(37)18-19-31(41-36)26-23-32(30(39)24-29(26)38)42(25-13-8-7-9-14-25)34-17-10-11-22-40-34/h8-20,23-25H,4-7,21-22H2,1-3H3;7-19,22-24,43H,3-6,20-21H2,1-2H3. The lowest BCUT2D eigenvalue weighted by Crippen LogP contribution is -2.25. The largest absolute Gasteiger partial charge is 0.507 e. The van der Waals surface area contributed by atoms with Crippen LogP contribution in [0.15, 0.2) is 194 Å². The van der Waals surface area contributed by atoms with Crippen LogP contribution in [0.4, 0.5) is 51.9 Å². The number of phenols is 1. The topological polar surface area (TPSA) is 87.5 Å². The maximum atomic E-state index is 15.7. The van der Waals surface area contributed by atoms with Crippen LogP contribution in [-0.2, 0) is 10.8 Å². The molecule has 4 heterocycles. The number of aromatic nitrogens is 4. The van der Waals surface area contributed by atoms with Gasteiger partial charge < -0.3 is 9.84 Å². The van der Waals surface area contributed by atoms with Gasteiger partial charge in [0.15, 0.2) is 0 Å². The summed E-state index contributed by atoms with van der Waals surface area (Å²) in [5.74, 6) is -0.825. The van der Waals surface area contributed by atoms with Crippen molar-refractivity contribution < 1.29 is 27.4 Å². The van der Waals surface area contributed by atoms with Gasteiger partial charge in [0.05, 0.1) is 41.3 Å². The van der Waals surface area contributed by atoms with Gasteiger partial charge in [-0.1, -0.05) is 164 Å². The lowest BCUT2D eigenvalue weighted by Gasteiger charge is -2.32. The third-order valence-electron chi connectivity index (χ3n) is 17.3. The zero-order chi connectivity index (χ0) is 60.7. The quantitative estimate of drug-likeness (QED) is 0.0712. The highest BCUT2D eigenvalue weighted by Gasteiger charge is 2.46. The van der Waals surface area contributed by atoms with Crippen LogP contribution in [0.2, 0.25) is 0 Å². The molecule has 2 aliphatic carbocycles. The fourth-order valence-electron chi connectivity index (χ4n) is 13.2. The number of fused-ring (bicyclic) bond motifs is 6. The van der Waals surface area contributed by atoms with Gasteiger partial charge in [-0.25, -0.2) is 37.5 Å². The molecule has 0 radical (unpaired) electrons. The van der Waals surface area contributed by atoms with Crippen LogP contribution >= 0.6 is 0 Å². The summed E-state index contributed by atoms with van der Waals surface area (Å²) < 4.78 is 68.5. The molecule has 0 saturated heterocycles. The highest BCUT2D eigenvalue weighted by Crippen LogP contribution is 2.58. The first kappa shape index (κ1) is 59.6. The van der Waals surface area contributed by atoms with Gasteiger partial charge in [-0.05, 0) is 133 Å². The van der Waals surface area contributed by atoms with E-state index in [1.807, 2.05) is 103 Å². The molecule has 0 spiro atoms. The molecule has 0 fully saturated rings. The van der Waals surface area contributed by atoms with Crippen LogP contribution in [-0.4, -0.2) is 32.2 Å². The summed E-state index contributed by atoms with van der Waals surface area (Å²) in [5, 5.41) is 11.1. The predicted molar refractivity (Wildman–Crippen MR) is 343 cm³/mol. The molecule has 0 atom stereocenters. The molecule has 12 rings (SSSR count). The summed E-state index contributed by atoms with van der Waals surface area (Å²) in [5.41, 5.74) is 10.2. The molecule has 0 saturated carbocycles. The van der Waals surface area contributed by atoms with E-state index < -0.39 is 23.3 Å². The van der Waals surface area contributed by atoms with Crippen molar-refractivity contribution in [3.05, 3.63) is 240 Å². The number of hydrogen-bond donors (Lipinski definition) is 1. The van der Waals surface area contributed by atoms with E-state index in [4.69, 9.17) is 14.7 Å². The molecule has 4 aromatic heterocycles. The minimum atomic E-state index is -0.710. The van der Waals surface area contributed by atoms with E-state index in [1.165, 1.54) is 11.6 Å². The number of para-hydroxylation sites is 2. The molecule has 2 aliphatic rings. The molecule has 0 aliphatic heterocycles. The van der Waals surface area contributed by atoms with Gasteiger partial charge in [0, 0.05) is 69.0 Å². The Morgan fingerprint density at radius 3 is 1.25 bits per heavy atom. The van der Waals surface area contributed by atoms with E-state index in [0.717, 1.165) is 123 Å². The third-order valence-corrected chi connectivity index (χ3v) is 17.3. The second-order valence-corrected chi connectivity index (χ2v) is 22.6. The Morgan fingerprint density at radius 2 is 0.839 bits per heavy atom. The fourth-order valence-corrected chi connectivity index (χ4v) is 13.2. The van der Waals surface area contributed by atoms with E-state index in [2.05, 4.69) is 61.9 Å². The first-order chi connectivity index (χ1) is 42.5.